The molecule has 1 fully saturated rings. The van der Waals surface area contributed by atoms with Crippen molar-refractivity contribution in [3.8, 4) is 0 Å². The molecule has 0 aliphatic carbocycles. The van der Waals surface area contributed by atoms with Gasteiger partial charge in [-0.25, -0.2) is 0 Å². The van der Waals surface area contributed by atoms with Crippen molar-refractivity contribution < 1.29 is 4.79 Å². The number of nitrogens with one attached hydrogen (secondary N) is 2. The molecule has 1 aromatic rings. The highest BCUT2D eigenvalue weighted by molar-refractivity contribution is 5.90. The first-order valence-corrected chi connectivity index (χ1v) is 6.47. The zero-order chi connectivity index (χ0) is 12.6. The molecule has 0 bridgehead atoms. The third kappa shape index (κ3) is 4.43. The Morgan fingerprint density at radius 2 is 2.28 bits per heavy atom. The summed E-state index contributed by atoms with van der Waals surface area (Å²) in [5.74, 6) is 0.0677. The van der Waals surface area contributed by atoms with E-state index in [9.17, 15) is 4.79 Å². The Bertz CT molecular complexity index is 363. The number of anilines is 1. The van der Waals surface area contributed by atoms with Gasteiger partial charge in [0.15, 0.2) is 0 Å². The van der Waals surface area contributed by atoms with Crippen molar-refractivity contribution in [2.24, 2.45) is 0 Å². The lowest BCUT2D eigenvalue weighted by Crippen LogP contribution is -2.43. The van der Waals surface area contributed by atoms with Gasteiger partial charge in [-0.15, -0.1) is 0 Å². The van der Waals surface area contributed by atoms with Crippen molar-refractivity contribution in [1.82, 2.24) is 15.2 Å². The predicted molar refractivity (Wildman–Crippen MR) is 71.4 cm³/mol. The van der Waals surface area contributed by atoms with Crippen LogP contribution in [0.4, 0.5) is 5.69 Å². The first kappa shape index (κ1) is 13.0. The first-order chi connectivity index (χ1) is 8.84. The van der Waals surface area contributed by atoms with Crippen LogP contribution in [-0.4, -0.2) is 48.5 Å². The van der Waals surface area contributed by atoms with Crippen LogP contribution < -0.4 is 10.6 Å². The maximum absolute atomic E-state index is 11.7. The molecular weight excluding hydrogens is 228 g/mol. The summed E-state index contributed by atoms with van der Waals surface area (Å²) in [6, 6.07) is 3.66. The topological polar surface area (TPSA) is 57.3 Å². The summed E-state index contributed by atoms with van der Waals surface area (Å²) in [5.41, 5.74) is 0.768. The van der Waals surface area contributed by atoms with Crippen molar-refractivity contribution >= 4 is 11.6 Å². The van der Waals surface area contributed by atoms with E-state index < -0.39 is 0 Å². The summed E-state index contributed by atoms with van der Waals surface area (Å²) in [5, 5.41) is 6.17. The Kier molecular flexibility index (Phi) is 5.11. The lowest BCUT2D eigenvalue weighted by Gasteiger charge is -2.26. The van der Waals surface area contributed by atoms with E-state index in [1.807, 2.05) is 12.1 Å². The molecule has 0 spiro atoms. The van der Waals surface area contributed by atoms with Gasteiger partial charge in [-0.2, -0.15) is 0 Å². The second kappa shape index (κ2) is 7.08. The number of aromatic nitrogens is 1. The Hall–Kier alpha value is -1.46. The molecule has 98 valence electrons. The minimum absolute atomic E-state index is 0.0677. The highest BCUT2D eigenvalue weighted by Crippen LogP contribution is 2.04. The van der Waals surface area contributed by atoms with E-state index >= 15 is 0 Å². The molecule has 1 aromatic heterocycles. The molecule has 1 aliphatic rings. The monoisotopic (exact) mass is 248 g/mol. The highest BCUT2D eigenvalue weighted by Gasteiger charge is 2.09. The summed E-state index contributed by atoms with van der Waals surface area (Å²) < 4.78 is 0. The predicted octanol–water partition coefficient (Wildman–Crippen LogP) is 0.705. The van der Waals surface area contributed by atoms with Crippen LogP contribution in [0.2, 0.25) is 0 Å². The number of hydrogen-bond acceptors (Lipinski definition) is 4. The second-order valence-electron chi connectivity index (χ2n) is 4.49. The van der Waals surface area contributed by atoms with Gasteiger partial charge in [0.2, 0.25) is 5.91 Å². The van der Waals surface area contributed by atoms with Crippen molar-refractivity contribution in [3.63, 3.8) is 0 Å². The summed E-state index contributed by atoms with van der Waals surface area (Å²) in [6.45, 7) is 5.29. The molecule has 1 aliphatic heterocycles. The fourth-order valence-corrected chi connectivity index (χ4v) is 2.06. The lowest BCUT2D eigenvalue weighted by atomic mass is 10.2. The van der Waals surface area contributed by atoms with Gasteiger partial charge in [0.1, 0.15) is 0 Å². The Balaban J connectivity index is 1.62. The third-order valence-corrected chi connectivity index (χ3v) is 3.03. The molecule has 0 saturated carbocycles. The number of pyridine rings is 1. The van der Waals surface area contributed by atoms with Crippen molar-refractivity contribution in [2.75, 3.05) is 38.0 Å². The van der Waals surface area contributed by atoms with E-state index in [2.05, 4.69) is 20.5 Å². The fraction of sp³-hybridized carbons (Fsp3) is 0.538. The Morgan fingerprint density at radius 3 is 3.00 bits per heavy atom. The van der Waals surface area contributed by atoms with Crippen LogP contribution in [0.25, 0.3) is 0 Å². The molecule has 0 radical (unpaired) electrons. The van der Waals surface area contributed by atoms with Crippen LogP contribution in [0, 0.1) is 0 Å². The van der Waals surface area contributed by atoms with Gasteiger partial charge in [-0.1, -0.05) is 0 Å². The van der Waals surface area contributed by atoms with Crippen molar-refractivity contribution in [3.05, 3.63) is 24.5 Å². The number of nitrogens with zero attached hydrogens (tertiary/aromatic N) is 2. The molecule has 1 saturated heterocycles. The van der Waals surface area contributed by atoms with Gasteiger partial charge >= 0.3 is 0 Å². The van der Waals surface area contributed by atoms with Gasteiger partial charge in [0.05, 0.1) is 11.9 Å². The number of rotatable bonds is 5. The Morgan fingerprint density at radius 1 is 1.44 bits per heavy atom. The molecule has 0 unspecified atom stereocenters. The number of carbonyl (C=O) groups excluding carboxylic acids is 1. The molecule has 0 atom stereocenters. The SMILES string of the molecule is O=C(CCCN1CCNCC1)Nc1cccnc1. The molecule has 18 heavy (non-hydrogen) atoms. The van der Waals surface area contributed by atoms with Gasteiger partial charge in [-0.05, 0) is 25.1 Å². The first-order valence-electron chi connectivity index (χ1n) is 6.47. The zero-order valence-corrected chi connectivity index (χ0v) is 10.6. The van der Waals surface area contributed by atoms with Gasteiger partial charge < -0.3 is 15.5 Å². The van der Waals surface area contributed by atoms with E-state index in [0.29, 0.717) is 6.42 Å². The summed E-state index contributed by atoms with van der Waals surface area (Å²) in [4.78, 5) is 18.0. The third-order valence-electron chi connectivity index (χ3n) is 3.03. The van der Waals surface area contributed by atoms with E-state index in [-0.39, 0.29) is 5.91 Å². The van der Waals surface area contributed by atoms with Crippen molar-refractivity contribution in [2.45, 2.75) is 12.8 Å². The normalized spacial score (nSPS) is 16.4. The minimum atomic E-state index is 0.0677. The standard InChI is InChI=1S/C13H20N4O/c18-13(16-12-3-1-5-15-11-12)4-2-8-17-9-6-14-7-10-17/h1,3,5,11,14H,2,4,6-10H2,(H,16,18). The van der Waals surface area contributed by atoms with E-state index in [4.69, 9.17) is 0 Å². The summed E-state index contributed by atoms with van der Waals surface area (Å²) in [7, 11) is 0. The van der Waals surface area contributed by atoms with Crippen LogP contribution in [0.5, 0.6) is 0 Å². The highest BCUT2D eigenvalue weighted by atomic mass is 16.1. The molecule has 5 nitrogen and oxygen atoms in total. The van der Waals surface area contributed by atoms with Gasteiger partial charge in [0.25, 0.3) is 0 Å². The Labute approximate surface area is 108 Å². The molecule has 1 amide bonds. The lowest BCUT2D eigenvalue weighted by molar-refractivity contribution is -0.116. The number of piperazine rings is 1. The number of carbonyl (C=O) groups is 1. The smallest absolute Gasteiger partial charge is 0.224 e. The molecule has 0 aromatic carbocycles. The van der Waals surface area contributed by atoms with Crippen molar-refractivity contribution in [1.29, 1.82) is 0 Å². The van der Waals surface area contributed by atoms with Crippen LogP contribution in [-0.2, 0) is 4.79 Å². The maximum atomic E-state index is 11.7. The van der Waals surface area contributed by atoms with Crippen LogP contribution >= 0.6 is 0 Å². The average Bonchev–Trinajstić information content (AvgIpc) is 2.41. The van der Waals surface area contributed by atoms with Crippen LogP contribution in [0.3, 0.4) is 0 Å². The molecule has 2 rings (SSSR count). The number of hydrogen-bond donors (Lipinski definition) is 2. The van der Waals surface area contributed by atoms with Crippen LogP contribution in [0.15, 0.2) is 24.5 Å². The zero-order valence-electron chi connectivity index (χ0n) is 10.6. The largest absolute Gasteiger partial charge is 0.325 e. The fourth-order valence-electron chi connectivity index (χ4n) is 2.06. The average molecular weight is 248 g/mol. The quantitative estimate of drug-likeness (QED) is 0.805. The molecule has 2 heterocycles. The van der Waals surface area contributed by atoms with E-state index in [1.165, 1.54) is 0 Å². The molecular formula is C13H20N4O. The minimum Gasteiger partial charge on any atom is -0.325 e. The van der Waals surface area contributed by atoms with E-state index in [1.54, 1.807) is 12.4 Å². The van der Waals surface area contributed by atoms with Gasteiger partial charge in [-0.3, -0.25) is 9.78 Å². The maximum Gasteiger partial charge on any atom is 0.224 e. The molecule has 2 N–H and O–H groups in total. The summed E-state index contributed by atoms with van der Waals surface area (Å²) in [6.07, 6.45) is 4.83. The molecule has 5 heteroatoms. The second-order valence-corrected chi connectivity index (χ2v) is 4.49. The van der Waals surface area contributed by atoms with Gasteiger partial charge in [0, 0.05) is 38.8 Å². The summed E-state index contributed by atoms with van der Waals surface area (Å²) >= 11 is 0. The number of amides is 1. The van der Waals surface area contributed by atoms with Crippen LogP contribution in [0.1, 0.15) is 12.8 Å². The van der Waals surface area contributed by atoms with E-state index in [0.717, 1.165) is 44.8 Å².